The molecule has 2 heterocycles. The van der Waals surface area contributed by atoms with Gasteiger partial charge in [-0.15, -0.1) is 0 Å². The van der Waals surface area contributed by atoms with Crippen LogP contribution in [0.1, 0.15) is 47.9 Å². The Bertz CT molecular complexity index is 851. The molecule has 5 unspecified atom stereocenters. The molecule has 2 aliphatic rings. The molecule has 5 atom stereocenters. The van der Waals surface area contributed by atoms with Gasteiger partial charge in [0.25, 0.3) is 8.53 Å². The van der Waals surface area contributed by atoms with Crippen molar-refractivity contribution in [2.45, 2.75) is 84.1 Å². The molecule has 7 nitrogen and oxygen atoms in total. The first-order chi connectivity index (χ1) is 16.2. The highest BCUT2D eigenvalue weighted by Crippen LogP contribution is 2.49. The number of ether oxygens (including phenoxy) is 1. The highest BCUT2D eigenvalue weighted by molar-refractivity contribution is 7.44. The number of nitrogens with zero attached hydrogens (tertiary/aromatic N) is 2. The molecule has 1 amide bonds. The van der Waals surface area contributed by atoms with Crippen molar-refractivity contribution in [3.8, 4) is 0 Å². The largest absolute Gasteiger partial charge is 0.349 e. The Hall–Kier alpha value is -1.70. The Morgan fingerprint density at radius 2 is 1.94 bits per heavy atom. The van der Waals surface area contributed by atoms with Crippen LogP contribution in [-0.2, 0) is 29.8 Å². The molecule has 1 fully saturated rings. The molecule has 33 heavy (non-hydrogen) atoms. The molecule has 0 spiro atoms. The van der Waals surface area contributed by atoms with Gasteiger partial charge in [0, 0.05) is 19.7 Å². The second-order valence-electron chi connectivity index (χ2n) is 8.71. The summed E-state index contributed by atoms with van der Waals surface area (Å²) >= 11 is 0. The molecule has 0 radical (unpaired) electrons. The lowest BCUT2D eigenvalue weighted by Gasteiger charge is -2.37. The van der Waals surface area contributed by atoms with Gasteiger partial charge in [0.1, 0.15) is 6.10 Å². The van der Waals surface area contributed by atoms with Crippen molar-refractivity contribution in [2.24, 2.45) is 0 Å². The van der Waals surface area contributed by atoms with Crippen LogP contribution in [-0.4, -0.2) is 64.6 Å². The zero-order valence-corrected chi connectivity index (χ0v) is 20.5. The summed E-state index contributed by atoms with van der Waals surface area (Å²) in [6.07, 6.45) is -2.05. The summed E-state index contributed by atoms with van der Waals surface area (Å²) in [6, 6.07) is 10.1. The van der Waals surface area contributed by atoms with Crippen LogP contribution in [0.4, 0.5) is 4.39 Å². The van der Waals surface area contributed by atoms with Crippen molar-refractivity contribution >= 4 is 20.2 Å². The number of benzene rings is 1. The van der Waals surface area contributed by atoms with E-state index in [4.69, 9.17) is 15.2 Å². The van der Waals surface area contributed by atoms with E-state index in [-0.39, 0.29) is 31.2 Å². The van der Waals surface area contributed by atoms with Crippen LogP contribution in [0.2, 0.25) is 0 Å². The van der Waals surface area contributed by atoms with Gasteiger partial charge in [-0.1, -0.05) is 30.3 Å². The minimum atomic E-state index is -1.69. The maximum absolute atomic E-state index is 15.6. The van der Waals surface area contributed by atoms with E-state index in [9.17, 15) is 9.59 Å². The fraction of sp³-hybridized carbons (Fsp3) is 0.583. The van der Waals surface area contributed by atoms with Gasteiger partial charge in [0.15, 0.2) is 18.2 Å². The number of hydrogen-bond donors (Lipinski definition) is 0. The summed E-state index contributed by atoms with van der Waals surface area (Å²) in [5.74, 6) is -0.865. The number of ketones is 1. The summed E-state index contributed by atoms with van der Waals surface area (Å²) in [6.45, 7) is 8.25. The Labute approximate surface area is 198 Å². The van der Waals surface area contributed by atoms with E-state index in [1.54, 1.807) is 0 Å². The molecule has 3 rings (SSSR count). The second-order valence-corrected chi connectivity index (χ2v) is 10.1. The van der Waals surface area contributed by atoms with Crippen molar-refractivity contribution < 1.29 is 29.1 Å². The lowest BCUT2D eigenvalue weighted by molar-refractivity contribution is -0.145. The van der Waals surface area contributed by atoms with Gasteiger partial charge >= 0.3 is 0 Å². The van der Waals surface area contributed by atoms with Crippen LogP contribution in [0.15, 0.2) is 42.6 Å². The molecule has 9 heteroatoms. The monoisotopic (exact) mass is 481 g/mol. The molecule has 0 aliphatic carbocycles. The quantitative estimate of drug-likeness (QED) is 0.365. The average molecular weight is 482 g/mol. The maximum atomic E-state index is 15.6. The van der Waals surface area contributed by atoms with E-state index in [2.05, 4.69) is 4.67 Å². The molecule has 1 saturated heterocycles. The van der Waals surface area contributed by atoms with Crippen molar-refractivity contribution in [2.75, 3.05) is 6.61 Å². The first-order valence-electron chi connectivity index (χ1n) is 12.0. The van der Waals surface area contributed by atoms with Crippen LogP contribution in [0.5, 0.6) is 0 Å². The number of alkyl halides is 1. The molecular weight excluding hydrogens is 446 g/mol. The fourth-order valence-corrected chi connectivity index (χ4v) is 5.70. The zero-order chi connectivity index (χ0) is 24.8. The minimum Gasteiger partial charge on any atom is -0.349 e. The first kappa shape index (κ1) is 24.4. The average Bonchev–Trinajstić information content (AvgIpc) is 3.09. The molecule has 0 saturated carbocycles. The Kier molecular flexibility index (Phi) is 8.61. The van der Waals surface area contributed by atoms with Crippen molar-refractivity contribution in [3.63, 3.8) is 0 Å². The van der Waals surface area contributed by atoms with Gasteiger partial charge in [-0.25, -0.2) is 9.06 Å². The molecular formula is C24H34FN2O5P. The van der Waals surface area contributed by atoms with Gasteiger partial charge in [0.2, 0.25) is 5.91 Å². The lowest BCUT2D eigenvalue weighted by Crippen LogP contribution is -2.45. The third kappa shape index (κ3) is 6.46. The standard InChI is InChI=1S/C24H34FN2O5P/c1-16(2)27(17(3)4)33(30-14-12-19-9-7-6-8-10-19)32-23-18(5)31-24(22(23)25)26-13-11-20(28)15-21(26)29/h6-11,13,16-18,22-24H,12,14-15H2,1-5H3/i5D. The van der Waals surface area contributed by atoms with Crippen molar-refractivity contribution in [1.82, 2.24) is 9.57 Å². The van der Waals surface area contributed by atoms with Crippen LogP contribution >= 0.6 is 8.53 Å². The highest BCUT2D eigenvalue weighted by Gasteiger charge is 2.50. The number of allylic oxidation sites excluding steroid dienone is 1. The second kappa shape index (κ2) is 11.6. The number of rotatable bonds is 10. The van der Waals surface area contributed by atoms with E-state index in [0.717, 1.165) is 10.5 Å². The molecule has 1 aromatic rings. The SMILES string of the molecule is [2H]CC1OC(N2C=CC(=O)CC2=O)C(F)C1OP(OCCc1ccccc1)N(C(C)C)C(C)C. The van der Waals surface area contributed by atoms with Crippen molar-refractivity contribution in [3.05, 3.63) is 48.2 Å². The predicted molar refractivity (Wildman–Crippen MR) is 125 cm³/mol. The van der Waals surface area contributed by atoms with Crippen LogP contribution < -0.4 is 0 Å². The van der Waals surface area contributed by atoms with E-state index in [0.29, 0.717) is 13.0 Å². The van der Waals surface area contributed by atoms with Gasteiger partial charge in [0.05, 0.1) is 19.1 Å². The number of halogens is 1. The number of carbonyl (C=O) groups excluding carboxylic acids is 2. The topological polar surface area (TPSA) is 68.3 Å². The minimum absolute atomic E-state index is 0.0751. The summed E-state index contributed by atoms with van der Waals surface area (Å²) in [7, 11) is -1.67. The van der Waals surface area contributed by atoms with E-state index < -0.39 is 39.0 Å². The summed E-state index contributed by atoms with van der Waals surface area (Å²) in [5.41, 5.74) is 1.12. The maximum Gasteiger partial charge on any atom is 0.259 e. The Morgan fingerprint density at radius 1 is 1.24 bits per heavy atom. The molecule has 182 valence electrons. The smallest absolute Gasteiger partial charge is 0.259 e. The third-order valence-corrected chi connectivity index (χ3v) is 7.60. The summed E-state index contributed by atoms with van der Waals surface area (Å²) < 4.78 is 43.8. The Balaban J connectivity index is 1.76. The van der Waals surface area contributed by atoms with Gasteiger partial charge in [-0.2, -0.15) is 0 Å². The van der Waals surface area contributed by atoms with Gasteiger partial charge in [-0.05, 0) is 52.7 Å². The third-order valence-electron chi connectivity index (χ3n) is 5.47. The van der Waals surface area contributed by atoms with Crippen LogP contribution in [0.25, 0.3) is 0 Å². The summed E-state index contributed by atoms with van der Waals surface area (Å²) in [5, 5.41) is 0. The fourth-order valence-electron chi connectivity index (χ4n) is 3.93. The van der Waals surface area contributed by atoms with Gasteiger partial charge < -0.3 is 13.8 Å². The number of amides is 1. The van der Waals surface area contributed by atoms with Crippen LogP contribution in [0, 0.1) is 0 Å². The predicted octanol–water partition coefficient (Wildman–Crippen LogP) is 4.37. The molecule has 0 N–H and O–H groups in total. The van der Waals surface area contributed by atoms with Gasteiger partial charge in [-0.3, -0.25) is 14.5 Å². The number of hydrogen-bond acceptors (Lipinski definition) is 6. The lowest BCUT2D eigenvalue weighted by atomic mass is 10.1. The highest BCUT2D eigenvalue weighted by atomic mass is 31.2. The van der Waals surface area contributed by atoms with Crippen LogP contribution in [0.3, 0.4) is 0 Å². The molecule has 0 aromatic heterocycles. The van der Waals surface area contributed by atoms with E-state index in [1.165, 1.54) is 12.3 Å². The normalized spacial score (nSPS) is 27.2. The molecule has 1 aromatic carbocycles. The zero-order valence-electron chi connectivity index (χ0n) is 20.6. The van der Waals surface area contributed by atoms with E-state index in [1.807, 2.05) is 58.0 Å². The van der Waals surface area contributed by atoms with E-state index >= 15 is 4.39 Å². The molecule has 2 aliphatic heterocycles. The summed E-state index contributed by atoms with van der Waals surface area (Å²) in [4.78, 5) is 24.9. The molecule has 0 bridgehead atoms. The first-order valence-corrected chi connectivity index (χ1v) is 12.4. The number of carbonyl (C=O) groups is 2. The Morgan fingerprint density at radius 3 is 2.55 bits per heavy atom. The van der Waals surface area contributed by atoms with Crippen molar-refractivity contribution in [1.29, 1.82) is 0 Å².